The summed E-state index contributed by atoms with van der Waals surface area (Å²) in [5.74, 6) is 1.84. The molecular weight excluding hydrogens is 370 g/mol. The Morgan fingerprint density at radius 1 is 0.964 bits per heavy atom. The number of carbonyl (C=O) groups excluding carboxylic acids is 2. The Kier molecular flexibility index (Phi) is 7.55. The molecule has 3 rings (SSSR count). The Hall–Kier alpha value is -2.73. The van der Waals surface area contributed by atoms with Gasteiger partial charge in [-0.05, 0) is 29.3 Å². The van der Waals surface area contributed by atoms with E-state index in [0.717, 1.165) is 24.2 Å². The standard InChI is InChI=1S/C22H25N3O2S/c26-21(11-8-18-4-2-1-3-5-18)24-17-22(27)23-16-19-6-9-20(10-7-19)25-12-14-28-15-13-25/h1-11H,12-17H2,(H,23,27)(H,24,26)/b11-8+. The molecule has 6 heteroatoms. The summed E-state index contributed by atoms with van der Waals surface area (Å²) in [5.41, 5.74) is 3.21. The number of nitrogens with one attached hydrogen (secondary N) is 2. The number of rotatable bonds is 7. The number of amides is 2. The molecule has 1 heterocycles. The van der Waals surface area contributed by atoms with Crippen LogP contribution in [0.25, 0.3) is 6.08 Å². The van der Waals surface area contributed by atoms with Gasteiger partial charge in [-0.15, -0.1) is 0 Å². The molecule has 1 fully saturated rings. The summed E-state index contributed by atoms with van der Waals surface area (Å²) < 4.78 is 0. The fourth-order valence-corrected chi connectivity index (χ4v) is 3.77. The molecule has 5 nitrogen and oxygen atoms in total. The molecule has 0 aliphatic carbocycles. The van der Waals surface area contributed by atoms with E-state index < -0.39 is 0 Å². The van der Waals surface area contributed by atoms with E-state index in [1.807, 2.05) is 54.2 Å². The lowest BCUT2D eigenvalue weighted by atomic mass is 10.2. The van der Waals surface area contributed by atoms with E-state index in [9.17, 15) is 9.59 Å². The first-order valence-corrected chi connectivity index (χ1v) is 10.6. The average Bonchev–Trinajstić information content (AvgIpc) is 2.76. The van der Waals surface area contributed by atoms with Crippen LogP contribution in [-0.4, -0.2) is 43.0 Å². The van der Waals surface area contributed by atoms with Crippen molar-refractivity contribution in [3.63, 3.8) is 0 Å². The van der Waals surface area contributed by atoms with Crippen molar-refractivity contribution >= 4 is 35.3 Å². The number of carbonyl (C=O) groups is 2. The van der Waals surface area contributed by atoms with Crippen LogP contribution in [0, 0.1) is 0 Å². The van der Waals surface area contributed by atoms with E-state index in [4.69, 9.17) is 0 Å². The van der Waals surface area contributed by atoms with Crippen LogP contribution >= 0.6 is 11.8 Å². The van der Waals surface area contributed by atoms with Gasteiger partial charge in [-0.1, -0.05) is 42.5 Å². The lowest BCUT2D eigenvalue weighted by Gasteiger charge is -2.28. The molecule has 0 bridgehead atoms. The van der Waals surface area contributed by atoms with Crippen molar-refractivity contribution in [3.8, 4) is 0 Å². The zero-order chi connectivity index (χ0) is 19.6. The van der Waals surface area contributed by atoms with Crippen LogP contribution in [0.1, 0.15) is 11.1 Å². The lowest BCUT2D eigenvalue weighted by Crippen LogP contribution is -2.35. The molecule has 1 aliphatic rings. The lowest BCUT2D eigenvalue weighted by molar-refractivity contribution is -0.124. The first-order valence-electron chi connectivity index (χ1n) is 9.40. The summed E-state index contributed by atoms with van der Waals surface area (Å²) in [6.07, 6.45) is 3.15. The van der Waals surface area contributed by atoms with E-state index in [0.29, 0.717) is 6.54 Å². The van der Waals surface area contributed by atoms with Gasteiger partial charge in [-0.2, -0.15) is 11.8 Å². The van der Waals surface area contributed by atoms with Gasteiger partial charge in [-0.25, -0.2) is 0 Å². The Bertz CT molecular complexity index is 800. The largest absolute Gasteiger partial charge is 0.370 e. The van der Waals surface area contributed by atoms with Gasteiger partial charge in [0.25, 0.3) is 0 Å². The predicted octanol–water partition coefficient (Wildman–Crippen LogP) is 2.69. The van der Waals surface area contributed by atoms with Crippen molar-refractivity contribution < 1.29 is 9.59 Å². The highest BCUT2D eigenvalue weighted by molar-refractivity contribution is 7.99. The highest BCUT2D eigenvalue weighted by Gasteiger charge is 2.11. The highest BCUT2D eigenvalue weighted by Crippen LogP contribution is 2.19. The van der Waals surface area contributed by atoms with Gasteiger partial charge >= 0.3 is 0 Å². The number of hydrogen-bond donors (Lipinski definition) is 2. The van der Waals surface area contributed by atoms with Gasteiger partial charge in [0.15, 0.2) is 0 Å². The maximum Gasteiger partial charge on any atom is 0.244 e. The average molecular weight is 396 g/mol. The zero-order valence-corrected chi connectivity index (χ0v) is 16.6. The SMILES string of the molecule is O=C(/C=C/c1ccccc1)NCC(=O)NCc1ccc(N2CCSCC2)cc1. The van der Waals surface area contributed by atoms with E-state index in [1.165, 1.54) is 23.3 Å². The normalized spacial score (nSPS) is 14.1. The molecule has 0 spiro atoms. The number of benzene rings is 2. The van der Waals surface area contributed by atoms with Crippen LogP contribution < -0.4 is 15.5 Å². The minimum atomic E-state index is -0.289. The second-order valence-corrected chi connectivity index (χ2v) is 7.73. The van der Waals surface area contributed by atoms with Gasteiger partial charge in [0.2, 0.25) is 11.8 Å². The molecule has 0 unspecified atom stereocenters. The van der Waals surface area contributed by atoms with Crippen LogP contribution in [0.3, 0.4) is 0 Å². The summed E-state index contributed by atoms with van der Waals surface area (Å²) in [6, 6.07) is 17.8. The van der Waals surface area contributed by atoms with E-state index in [2.05, 4.69) is 27.7 Å². The number of thioether (sulfide) groups is 1. The molecule has 0 atom stereocenters. The molecule has 146 valence electrons. The first kappa shape index (κ1) is 20.0. The molecule has 28 heavy (non-hydrogen) atoms. The number of hydrogen-bond acceptors (Lipinski definition) is 4. The summed E-state index contributed by atoms with van der Waals surface area (Å²) in [7, 11) is 0. The summed E-state index contributed by atoms with van der Waals surface area (Å²) in [4.78, 5) is 26.1. The number of anilines is 1. The van der Waals surface area contributed by atoms with Crippen molar-refractivity contribution in [1.82, 2.24) is 10.6 Å². The Labute approximate surface area is 170 Å². The monoisotopic (exact) mass is 395 g/mol. The molecule has 1 saturated heterocycles. The van der Waals surface area contributed by atoms with Gasteiger partial charge in [0, 0.05) is 42.9 Å². The van der Waals surface area contributed by atoms with Crippen LogP contribution in [0.4, 0.5) is 5.69 Å². The maximum absolute atomic E-state index is 11.9. The quantitative estimate of drug-likeness (QED) is 0.708. The van der Waals surface area contributed by atoms with Gasteiger partial charge in [0.1, 0.15) is 0 Å². The summed E-state index contributed by atoms with van der Waals surface area (Å²) >= 11 is 1.99. The second kappa shape index (κ2) is 10.6. The minimum absolute atomic E-state index is 0.0402. The Morgan fingerprint density at radius 3 is 2.39 bits per heavy atom. The third-order valence-corrected chi connectivity index (χ3v) is 5.39. The van der Waals surface area contributed by atoms with Crippen LogP contribution in [0.5, 0.6) is 0 Å². The molecule has 2 aromatic carbocycles. The fourth-order valence-electron chi connectivity index (χ4n) is 2.87. The van der Waals surface area contributed by atoms with Crippen molar-refractivity contribution in [2.24, 2.45) is 0 Å². The van der Waals surface area contributed by atoms with E-state index in [-0.39, 0.29) is 18.4 Å². The van der Waals surface area contributed by atoms with Crippen molar-refractivity contribution in [2.45, 2.75) is 6.54 Å². The van der Waals surface area contributed by atoms with Gasteiger partial charge in [-0.3, -0.25) is 9.59 Å². The zero-order valence-electron chi connectivity index (χ0n) is 15.8. The van der Waals surface area contributed by atoms with Crippen molar-refractivity contribution in [3.05, 3.63) is 71.8 Å². The summed E-state index contributed by atoms with van der Waals surface area (Å²) in [6.45, 7) is 2.57. The van der Waals surface area contributed by atoms with E-state index in [1.54, 1.807) is 6.08 Å². The third kappa shape index (κ3) is 6.46. The smallest absolute Gasteiger partial charge is 0.244 e. The van der Waals surface area contributed by atoms with Crippen LogP contribution in [0.15, 0.2) is 60.7 Å². The fraction of sp³-hybridized carbons (Fsp3) is 0.273. The van der Waals surface area contributed by atoms with Gasteiger partial charge in [0.05, 0.1) is 6.54 Å². The van der Waals surface area contributed by atoms with Crippen molar-refractivity contribution in [1.29, 1.82) is 0 Å². The molecule has 0 aromatic heterocycles. The maximum atomic E-state index is 11.9. The van der Waals surface area contributed by atoms with Gasteiger partial charge < -0.3 is 15.5 Å². The molecule has 1 aliphatic heterocycles. The molecule has 2 amide bonds. The molecule has 0 radical (unpaired) electrons. The van der Waals surface area contributed by atoms with Crippen molar-refractivity contribution in [2.75, 3.05) is 36.0 Å². The topological polar surface area (TPSA) is 61.4 Å². The summed E-state index contributed by atoms with van der Waals surface area (Å²) in [5, 5.41) is 5.43. The Balaban J connectivity index is 1.38. The van der Waals surface area contributed by atoms with E-state index >= 15 is 0 Å². The van der Waals surface area contributed by atoms with Crippen LogP contribution in [-0.2, 0) is 16.1 Å². The second-order valence-electron chi connectivity index (χ2n) is 6.50. The third-order valence-electron chi connectivity index (χ3n) is 4.45. The molecule has 0 saturated carbocycles. The molecular formula is C22H25N3O2S. The minimum Gasteiger partial charge on any atom is -0.370 e. The van der Waals surface area contributed by atoms with Crippen LogP contribution in [0.2, 0.25) is 0 Å². The highest BCUT2D eigenvalue weighted by atomic mass is 32.2. The predicted molar refractivity (Wildman–Crippen MR) is 116 cm³/mol. The molecule has 2 N–H and O–H groups in total. The first-order chi connectivity index (χ1) is 13.7. The Morgan fingerprint density at radius 2 is 1.68 bits per heavy atom. The molecule has 2 aromatic rings. The number of nitrogens with zero attached hydrogens (tertiary/aromatic N) is 1.